The molecule has 1 N–H and O–H groups in total. The van der Waals surface area contributed by atoms with Gasteiger partial charge in [-0.3, -0.25) is 0 Å². The number of hydrogen-bond acceptors (Lipinski definition) is 4. The molecule has 1 atom stereocenters. The number of thioether (sulfide) groups is 1. The van der Waals surface area contributed by atoms with E-state index in [0.717, 1.165) is 4.90 Å². The molecule has 1 rings (SSSR count). The van der Waals surface area contributed by atoms with Crippen LogP contribution in [0.2, 0.25) is 0 Å². The minimum atomic E-state index is -3.17. The van der Waals surface area contributed by atoms with Crippen LogP contribution in [0.25, 0.3) is 0 Å². The summed E-state index contributed by atoms with van der Waals surface area (Å²) in [5.74, 6) is 0.110. The second kappa shape index (κ2) is 6.42. The summed E-state index contributed by atoms with van der Waals surface area (Å²) in [7, 11) is -3.17. The maximum absolute atomic E-state index is 11.9. The molecule has 1 aromatic rings. The molecule has 0 aliphatic carbocycles. The van der Waals surface area contributed by atoms with Gasteiger partial charge in [-0.1, -0.05) is 26.0 Å². The summed E-state index contributed by atoms with van der Waals surface area (Å²) in [6.07, 6.45) is 0.658. The van der Waals surface area contributed by atoms with Crippen LogP contribution in [0.15, 0.2) is 34.1 Å². The smallest absolute Gasteiger partial charge is 0.179 e. The van der Waals surface area contributed by atoms with Gasteiger partial charge in [0.2, 0.25) is 0 Å². The first-order chi connectivity index (χ1) is 8.01. The van der Waals surface area contributed by atoms with Gasteiger partial charge in [-0.15, -0.1) is 11.8 Å². The maximum atomic E-state index is 11.9. The molecule has 1 unspecified atom stereocenters. The van der Waals surface area contributed by atoms with E-state index in [-0.39, 0.29) is 17.6 Å². The van der Waals surface area contributed by atoms with E-state index in [2.05, 4.69) is 0 Å². The second-order valence-electron chi connectivity index (χ2n) is 3.79. The minimum absolute atomic E-state index is 0.110. The highest BCUT2D eigenvalue weighted by Crippen LogP contribution is 2.31. The lowest BCUT2D eigenvalue weighted by Crippen LogP contribution is -2.07. The molecule has 0 bridgehead atoms. The zero-order valence-corrected chi connectivity index (χ0v) is 11.7. The van der Waals surface area contributed by atoms with E-state index in [0.29, 0.717) is 11.3 Å². The van der Waals surface area contributed by atoms with E-state index in [1.807, 2.05) is 19.1 Å². The molecular weight excluding hydrogens is 256 g/mol. The molecule has 1 aromatic carbocycles. The predicted octanol–water partition coefficient (Wildman–Crippen LogP) is 2.34. The standard InChI is InChI=1S/C12H18O3S2/c1-3-17(14,15)12-7-5-4-6-11(12)16-10(2)8-9-13/h4-7,10,13H,3,8-9H2,1-2H3. The SMILES string of the molecule is CCS(=O)(=O)c1ccccc1SC(C)CCO. The first-order valence-electron chi connectivity index (χ1n) is 5.60. The summed E-state index contributed by atoms with van der Waals surface area (Å²) < 4.78 is 23.8. The van der Waals surface area contributed by atoms with Crippen LogP contribution in [-0.4, -0.2) is 31.1 Å². The van der Waals surface area contributed by atoms with Crippen molar-refractivity contribution in [2.24, 2.45) is 0 Å². The Kier molecular flexibility index (Phi) is 5.49. The summed E-state index contributed by atoms with van der Waals surface area (Å²) in [4.78, 5) is 1.17. The molecule has 0 fully saturated rings. The van der Waals surface area contributed by atoms with Crippen LogP contribution in [-0.2, 0) is 9.84 Å². The molecule has 0 aliphatic heterocycles. The van der Waals surface area contributed by atoms with Crippen LogP contribution in [0.4, 0.5) is 0 Å². The number of aliphatic hydroxyl groups excluding tert-OH is 1. The summed E-state index contributed by atoms with van der Waals surface area (Å²) in [5.41, 5.74) is 0. The molecule has 0 radical (unpaired) electrons. The van der Waals surface area contributed by atoms with Gasteiger partial charge in [0.15, 0.2) is 9.84 Å². The first-order valence-corrected chi connectivity index (χ1v) is 8.13. The van der Waals surface area contributed by atoms with Gasteiger partial charge in [0, 0.05) is 16.8 Å². The third-order valence-corrected chi connectivity index (χ3v) is 5.59. The van der Waals surface area contributed by atoms with Crippen molar-refractivity contribution in [2.75, 3.05) is 12.4 Å². The molecule has 0 aliphatic rings. The summed E-state index contributed by atoms with van der Waals surface area (Å²) >= 11 is 1.50. The molecule has 17 heavy (non-hydrogen) atoms. The Labute approximate surface area is 107 Å². The van der Waals surface area contributed by atoms with Gasteiger partial charge < -0.3 is 5.11 Å². The van der Waals surface area contributed by atoms with Crippen LogP contribution < -0.4 is 0 Å². The van der Waals surface area contributed by atoms with Crippen molar-refractivity contribution in [3.63, 3.8) is 0 Å². The highest BCUT2D eigenvalue weighted by molar-refractivity contribution is 8.00. The van der Waals surface area contributed by atoms with Crippen molar-refractivity contribution < 1.29 is 13.5 Å². The maximum Gasteiger partial charge on any atom is 0.179 e. The van der Waals surface area contributed by atoms with Crippen molar-refractivity contribution in [3.8, 4) is 0 Å². The second-order valence-corrected chi connectivity index (χ2v) is 7.52. The Morgan fingerprint density at radius 3 is 2.59 bits per heavy atom. The van der Waals surface area contributed by atoms with E-state index < -0.39 is 9.84 Å². The van der Waals surface area contributed by atoms with E-state index in [9.17, 15) is 8.42 Å². The minimum Gasteiger partial charge on any atom is -0.396 e. The Hall–Kier alpha value is -0.520. The topological polar surface area (TPSA) is 54.4 Å². The molecule has 5 heteroatoms. The Morgan fingerprint density at radius 1 is 1.35 bits per heavy atom. The molecule has 3 nitrogen and oxygen atoms in total. The summed E-state index contributed by atoms with van der Waals surface area (Å²) in [6.45, 7) is 3.75. The van der Waals surface area contributed by atoms with Crippen molar-refractivity contribution in [3.05, 3.63) is 24.3 Å². The van der Waals surface area contributed by atoms with Gasteiger partial charge in [-0.05, 0) is 18.6 Å². The Morgan fingerprint density at radius 2 is 2.00 bits per heavy atom. The highest BCUT2D eigenvalue weighted by atomic mass is 32.2. The predicted molar refractivity (Wildman–Crippen MR) is 71.2 cm³/mol. The van der Waals surface area contributed by atoms with Gasteiger partial charge in [0.1, 0.15) is 0 Å². The number of aliphatic hydroxyl groups is 1. The monoisotopic (exact) mass is 274 g/mol. The molecule has 0 saturated carbocycles. The van der Waals surface area contributed by atoms with Crippen molar-refractivity contribution in [1.29, 1.82) is 0 Å². The summed E-state index contributed by atoms with van der Waals surface area (Å²) in [6, 6.07) is 7.04. The van der Waals surface area contributed by atoms with Crippen LogP contribution in [0.5, 0.6) is 0 Å². The normalized spacial score (nSPS) is 13.6. The summed E-state index contributed by atoms with van der Waals surface area (Å²) in [5, 5.41) is 9.06. The van der Waals surface area contributed by atoms with Gasteiger partial charge in [-0.2, -0.15) is 0 Å². The first kappa shape index (κ1) is 14.5. The molecular formula is C12H18O3S2. The van der Waals surface area contributed by atoms with Gasteiger partial charge >= 0.3 is 0 Å². The van der Waals surface area contributed by atoms with Crippen molar-refractivity contribution in [1.82, 2.24) is 0 Å². The fraction of sp³-hybridized carbons (Fsp3) is 0.500. The molecule has 0 heterocycles. The van der Waals surface area contributed by atoms with E-state index in [1.54, 1.807) is 19.1 Å². The van der Waals surface area contributed by atoms with Crippen LogP contribution in [0.1, 0.15) is 20.3 Å². The fourth-order valence-corrected chi connectivity index (χ4v) is 3.91. The zero-order chi connectivity index (χ0) is 12.9. The Bertz CT molecular complexity index is 455. The lowest BCUT2D eigenvalue weighted by Gasteiger charge is -2.13. The molecule has 0 amide bonds. The van der Waals surface area contributed by atoms with Gasteiger partial charge in [-0.25, -0.2) is 8.42 Å². The number of sulfone groups is 1. The van der Waals surface area contributed by atoms with Crippen LogP contribution >= 0.6 is 11.8 Å². The number of rotatable bonds is 6. The molecule has 96 valence electrons. The third-order valence-electron chi connectivity index (χ3n) is 2.43. The van der Waals surface area contributed by atoms with E-state index in [4.69, 9.17) is 5.11 Å². The quantitative estimate of drug-likeness (QED) is 0.809. The van der Waals surface area contributed by atoms with E-state index >= 15 is 0 Å². The zero-order valence-electron chi connectivity index (χ0n) is 10.1. The molecule has 0 saturated heterocycles. The van der Waals surface area contributed by atoms with E-state index in [1.165, 1.54) is 11.8 Å². The van der Waals surface area contributed by atoms with Crippen LogP contribution in [0.3, 0.4) is 0 Å². The number of hydrogen-bond donors (Lipinski definition) is 1. The van der Waals surface area contributed by atoms with Crippen molar-refractivity contribution in [2.45, 2.75) is 35.3 Å². The lowest BCUT2D eigenvalue weighted by atomic mass is 10.3. The van der Waals surface area contributed by atoms with Crippen LogP contribution in [0, 0.1) is 0 Å². The van der Waals surface area contributed by atoms with Gasteiger partial charge in [0.25, 0.3) is 0 Å². The lowest BCUT2D eigenvalue weighted by molar-refractivity contribution is 0.289. The number of benzene rings is 1. The van der Waals surface area contributed by atoms with Gasteiger partial charge in [0.05, 0.1) is 10.6 Å². The van der Waals surface area contributed by atoms with Crippen molar-refractivity contribution >= 4 is 21.6 Å². The largest absolute Gasteiger partial charge is 0.396 e. The Balaban J connectivity index is 3.01. The molecule has 0 spiro atoms. The average molecular weight is 274 g/mol. The fourth-order valence-electron chi connectivity index (χ4n) is 1.42. The average Bonchev–Trinajstić information content (AvgIpc) is 2.30. The third kappa shape index (κ3) is 4.01. The highest BCUT2D eigenvalue weighted by Gasteiger charge is 2.17. The molecule has 0 aromatic heterocycles.